The van der Waals surface area contributed by atoms with Crippen molar-refractivity contribution in [1.29, 1.82) is 0 Å². The molecule has 7 nitrogen and oxygen atoms in total. The predicted octanol–water partition coefficient (Wildman–Crippen LogP) is 3.37. The largest absolute Gasteiger partial charge is 0.446 e. The number of amides is 1. The minimum Gasteiger partial charge on any atom is -0.446 e. The van der Waals surface area contributed by atoms with Crippen LogP contribution in [0.5, 0.6) is 0 Å². The Morgan fingerprint density at radius 2 is 2.07 bits per heavy atom. The number of anilines is 1. The number of alkyl halides is 3. The number of piperidine rings is 1. The van der Waals surface area contributed by atoms with Gasteiger partial charge in [-0.2, -0.15) is 13.2 Å². The van der Waals surface area contributed by atoms with Gasteiger partial charge in [0.05, 0.1) is 0 Å². The number of aromatic amines is 1. The van der Waals surface area contributed by atoms with E-state index in [4.69, 9.17) is 4.74 Å². The second-order valence-corrected chi connectivity index (χ2v) is 6.66. The molecule has 0 saturated carbocycles. The first-order valence-corrected chi connectivity index (χ1v) is 8.88. The number of carbonyl (C=O) groups is 1. The first kappa shape index (κ1) is 18.3. The van der Waals surface area contributed by atoms with E-state index in [1.165, 1.54) is 0 Å². The van der Waals surface area contributed by atoms with Crippen LogP contribution in [0.2, 0.25) is 0 Å². The highest BCUT2D eigenvalue weighted by molar-refractivity contribution is 6.10. The van der Waals surface area contributed by atoms with Crippen LogP contribution in [0.1, 0.15) is 12.8 Å². The van der Waals surface area contributed by atoms with Crippen molar-refractivity contribution in [2.45, 2.75) is 25.1 Å². The van der Waals surface area contributed by atoms with Crippen molar-refractivity contribution in [1.82, 2.24) is 20.3 Å². The lowest BCUT2D eigenvalue weighted by molar-refractivity contribution is -0.124. The molecule has 0 aromatic carbocycles. The summed E-state index contributed by atoms with van der Waals surface area (Å²) in [7, 11) is 0. The Kier molecular flexibility index (Phi) is 4.70. The van der Waals surface area contributed by atoms with Gasteiger partial charge in [0.1, 0.15) is 24.1 Å². The summed E-state index contributed by atoms with van der Waals surface area (Å²) in [5.74, 6) is 0.824. The van der Waals surface area contributed by atoms with Crippen molar-refractivity contribution in [2.75, 3.05) is 24.5 Å². The van der Waals surface area contributed by atoms with E-state index in [0.29, 0.717) is 25.9 Å². The second-order valence-electron chi connectivity index (χ2n) is 6.66. The second kappa shape index (κ2) is 7.17. The molecule has 0 bridgehead atoms. The maximum absolute atomic E-state index is 12.2. The van der Waals surface area contributed by atoms with Gasteiger partial charge in [-0.05, 0) is 12.1 Å². The van der Waals surface area contributed by atoms with Crippen molar-refractivity contribution >= 4 is 33.7 Å². The molecule has 3 aromatic heterocycles. The Hall–Kier alpha value is -3.04. The van der Waals surface area contributed by atoms with Gasteiger partial charge in [0, 0.05) is 60.7 Å². The summed E-state index contributed by atoms with van der Waals surface area (Å²) >= 11 is 0. The number of pyridine rings is 2. The summed E-state index contributed by atoms with van der Waals surface area (Å²) < 4.78 is 41.6. The van der Waals surface area contributed by atoms with Gasteiger partial charge in [0.2, 0.25) is 0 Å². The van der Waals surface area contributed by atoms with Crippen molar-refractivity contribution < 1.29 is 22.7 Å². The molecule has 1 amide bonds. The quantitative estimate of drug-likeness (QED) is 0.713. The molecule has 2 N–H and O–H groups in total. The molecule has 148 valence electrons. The zero-order valence-electron chi connectivity index (χ0n) is 14.8. The summed E-state index contributed by atoms with van der Waals surface area (Å²) in [6.07, 6.45) is 0.449. The van der Waals surface area contributed by atoms with Crippen molar-refractivity contribution in [3.05, 3.63) is 30.7 Å². The van der Waals surface area contributed by atoms with Gasteiger partial charge in [-0.25, -0.2) is 14.8 Å². The van der Waals surface area contributed by atoms with Gasteiger partial charge >= 0.3 is 12.3 Å². The summed E-state index contributed by atoms with van der Waals surface area (Å²) in [6.45, 7) is -0.236. The van der Waals surface area contributed by atoms with E-state index in [-0.39, 0.29) is 0 Å². The summed E-state index contributed by atoms with van der Waals surface area (Å²) in [4.78, 5) is 25.7. The fourth-order valence-electron chi connectivity index (χ4n) is 3.44. The smallest absolute Gasteiger partial charge is 0.407 e. The third-order valence-corrected chi connectivity index (χ3v) is 4.74. The Bertz CT molecular complexity index is 996. The topological polar surface area (TPSA) is 83.1 Å². The molecule has 1 aliphatic rings. The summed E-state index contributed by atoms with van der Waals surface area (Å²) in [6, 6.07) is 3.86. The molecule has 1 aliphatic heterocycles. The number of fused-ring (bicyclic) bond motifs is 3. The van der Waals surface area contributed by atoms with E-state index < -0.39 is 24.9 Å². The van der Waals surface area contributed by atoms with Crippen LogP contribution in [-0.4, -0.2) is 53.0 Å². The number of ether oxygens (including phenoxy) is 1. The van der Waals surface area contributed by atoms with Gasteiger partial charge in [-0.3, -0.25) is 0 Å². The highest BCUT2D eigenvalue weighted by Gasteiger charge is 2.29. The third kappa shape index (κ3) is 3.80. The first-order chi connectivity index (χ1) is 13.4. The SMILES string of the molecule is O=C(NCC(F)(F)F)OC1CCN(c2nccc3cnc4[nH]ccc4c23)CC1. The molecule has 4 heterocycles. The van der Waals surface area contributed by atoms with Gasteiger partial charge in [-0.1, -0.05) is 0 Å². The fraction of sp³-hybridized carbons (Fsp3) is 0.389. The van der Waals surface area contributed by atoms with Crippen LogP contribution in [0.25, 0.3) is 21.8 Å². The number of nitrogens with zero attached hydrogens (tertiary/aromatic N) is 3. The molecular weight excluding hydrogens is 375 g/mol. The van der Waals surface area contributed by atoms with Crippen LogP contribution < -0.4 is 10.2 Å². The van der Waals surface area contributed by atoms with E-state index in [9.17, 15) is 18.0 Å². The highest BCUT2D eigenvalue weighted by Crippen LogP contribution is 2.32. The molecule has 28 heavy (non-hydrogen) atoms. The maximum atomic E-state index is 12.2. The van der Waals surface area contributed by atoms with Crippen LogP contribution in [0, 0.1) is 0 Å². The lowest BCUT2D eigenvalue weighted by atomic mass is 10.1. The van der Waals surface area contributed by atoms with Gasteiger partial charge in [0.25, 0.3) is 0 Å². The fourth-order valence-corrected chi connectivity index (χ4v) is 3.44. The molecule has 1 fully saturated rings. The van der Waals surface area contributed by atoms with Crippen molar-refractivity contribution in [3.63, 3.8) is 0 Å². The Labute approximate surface area is 157 Å². The van der Waals surface area contributed by atoms with Crippen LogP contribution in [0.3, 0.4) is 0 Å². The minimum atomic E-state index is -4.46. The molecule has 0 atom stereocenters. The molecular formula is C18H18F3N5O2. The molecule has 10 heteroatoms. The number of carbonyl (C=O) groups excluding carboxylic acids is 1. The van der Waals surface area contributed by atoms with Gasteiger partial charge in [0.15, 0.2) is 0 Å². The minimum absolute atomic E-state index is 0.423. The van der Waals surface area contributed by atoms with E-state index in [1.807, 2.05) is 18.3 Å². The average Bonchev–Trinajstić information content (AvgIpc) is 3.15. The van der Waals surface area contributed by atoms with Gasteiger partial charge in [-0.15, -0.1) is 0 Å². The monoisotopic (exact) mass is 393 g/mol. The highest BCUT2D eigenvalue weighted by atomic mass is 19.4. The first-order valence-electron chi connectivity index (χ1n) is 8.88. The standard InChI is InChI=1S/C18H18F3N5O2/c19-18(20,21)10-25-17(27)28-12-3-7-26(8-4-12)16-14-11(1-5-23-16)9-24-15-13(14)2-6-22-15/h1-2,5-6,9,12H,3-4,7-8,10H2,(H,22,24)(H,25,27). The lowest BCUT2D eigenvalue weighted by Gasteiger charge is -2.33. The summed E-state index contributed by atoms with van der Waals surface area (Å²) in [5.41, 5.74) is 0.779. The number of hydrogen-bond acceptors (Lipinski definition) is 5. The molecule has 0 spiro atoms. The number of nitrogens with one attached hydrogen (secondary N) is 2. The van der Waals surface area contributed by atoms with E-state index in [2.05, 4.69) is 19.9 Å². The lowest BCUT2D eigenvalue weighted by Crippen LogP contribution is -2.41. The zero-order valence-corrected chi connectivity index (χ0v) is 14.8. The van der Waals surface area contributed by atoms with E-state index in [0.717, 1.165) is 27.6 Å². The number of halogens is 3. The van der Waals surface area contributed by atoms with Crippen LogP contribution in [0.15, 0.2) is 30.7 Å². The molecule has 4 rings (SSSR count). The van der Waals surface area contributed by atoms with Gasteiger partial charge < -0.3 is 19.9 Å². The molecule has 0 radical (unpaired) electrons. The van der Waals surface area contributed by atoms with Crippen LogP contribution >= 0.6 is 0 Å². The Balaban J connectivity index is 1.44. The molecule has 1 saturated heterocycles. The van der Waals surface area contributed by atoms with E-state index in [1.54, 1.807) is 17.7 Å². The maximum Gasteiger partial charge on any atom is 0.407 e. The predicted molar refractivity (Wildman–Crippen MR) is 97.2 cm³/mol. The third-order valence-electron chi connectivity index (χ3n) is 4.74. The van der Waals surface area contributed by atoms with E-state index >= 15 is 0 Å². The van der Waals surface area contributed by atoms with Crippen LogP contribution in [0.4, 0.5) is 23.8 Å². The number of aromatic nitrogens is 3. The molecule has 0 aliphatic carbocycles. The zero-order chi connectivity index (χ0) is 19.7. The number of H-pyrrole nitrogens is 1. The molecule has 0 unspecified atom stereocenters. The van der Waals surface area contributed by atoms with Crippen molar-refractivity contribution in [2.24, 2.45) is 0 Å². The average molecular weight is 393 g/mol. The number of alkyl carbamates (subject to hydrolysis) is 1. The Morgan fingerprint density at radius 1 is 1.29 bits per heavy atom. The van der Waals surface area contributed by atoms with Crippen molar-refractivity contribution in [3.8, 4) is 0 Å². The number of hydrogen-bond donors (Lipinski definition) is 2. The van der Waals surface area contributed by atoms with Crippen LogP contribution in [-0.2, 0) is 4.74 Å². The normalized spacial score (nSPS) is 15.9. The number of rotatable bonds is 3. The Morgan fingerprint density at radius 3 is 2.82 bits per heavy atom. The summed E-state index contributed by atoms with van der Waals surface area (Å²) in [5, 5.41) is 4.68. The molecule has 3 aromatic rings.